The van der Waals surface area contributed by atoms with Crippen LogP contribution in [-0.2, 0) is 11.2 Å². The lowest BCUT2D eigenvalue weighted by Gasteiger charge is -2.37. The average molecular weight is 579 g/mol. The SMILES string of the molecule is CN1[C@@H]2CC[C@H]1C[C@H](NC(=O)[C@H](Cc1ccccc1)n1cnc(-c3cc(Cl)ccc3-n3cc(Cl)nn3)cc1=O)C2. The third kappa shape index (κ3) is 5.41. The molecule has 6 rings (SSSR count). The van der Waals surface area contributed by atoms with E-state index in [1.165, 1.54) is 21.6 Å². The van der Waals surface area contributed by atoms with Crippen LogP contribution in [0.5, 0.6) is 0 Å². The number of amides is 1. The molecule has 2 aromatic heterocycles. The predicted molar refractivity (Wildman–Crippen MR) is 154 cm³/mol. The summed E-state index contributed by atoms with van der Waals surface area (Å²) in [5.41, 5.74) is 2.22. The molecular weight excluding hydrogens is 549 g/mol. The molecule has 40 heavy (non-hydrogen) atoms. The molecule has 2 aliphatic rings. The second-order valence-electron chi connectivity index (χ2n) is 10.6. The van der Waals surface area contributed by atoms with Crippen molar-refractivity contribution in [1.29, 1.82) is 0 Å². The Morgan fingerprint density at radius 1 is 1.07 bits per heavy atom. The summed E-state index contributed by atoms with van der Waals surface area (Å²) < 4.78 is 2.92. The van der Waals surface area contributed by atoms with Crippen molar-refractivity contribution in [3.63, 3.8) is 0 Å². The van der Waals surface area contributed by atoms with Gasteiger partial charge in [0.15, 0.2) is 5.15 Å². The molecule has 206 valence electrons. The largest absolute Gasteiger partial charge is 0.351 e. The highest BCUT2D eigenvalue weighted by molar-refractivity contribution is 6.31. The first-order chi connectivity index (χ1) is 19.4. The lowest BCUT2D eigenvalue weighted by molar-refractivity contribution is -0.125. The average Bonchev–Trinajstić information content (AvgIpc) is 3.45. The smallest absolute Gasteiger partial charge is 0.254 e. The van der Waals surface area contributed by atoms with Crippen LogP contribution in [0.1, 0.15) is 37.3 Å². The van der Waals surface area contributed by atoms with Crippen LogP contribution in [0.15, 0.2) is 71.9 Å². The fraction of sp³-hybridized carbons (Fsp3) is 0.345. The van der Waals surface area contributed by atoms with Crippen LogP contribution < -0.4 is 10.9 Å². The first-order valence-corrected chi connectivity index (χ1v) is 14.1. The summed E-state index contributed by atoms with van der Waals surface area (Å²) in [6.07, 6.45) is 7.55. The van der Waals surface area contributed by atoms with Gasteiger partial charge in [-0.25, -0.2) is 9.67 Å². The number of carbonyl (C=O) groups excluding carboxylic acids is 1. The molecular formula is C29H29Cl2N7O2. The topological polar surface area (TPSA) is 97.9 Å². The van der Waals surface area contributed by atoms with E-state index in [1.54, 1.807) is 24.4 Å². The van der Waals surface area contributed by atoms with Crippen LogP contribution in [0.25, 0.3) is 16.9 Å². The Morgan fingerprint density at radius 3 is 2.50 bits per heavy atom. The molecule has 4 heterocycles. The first kappa shape index (κ1) is 26.7. The van der Waals surface area contributed by atoms with Gasteiger partial charge in [0.1, 0.15) is 6.04 Å². The minimum atomic E-state index is -0.748. The Bertz CT molecular complexity index is 1570. The number of carbonyl (C=O) groups is 1. The van der Waals surface area contributed by atoms with Crippen molar-refractivity contribution in [2.75, 3.05) is 7.05 Å². The Labute approximate surface area is 241 Å². The molecule has 2 aromatic carbocycles. The number of fused-ring (bicyclic) bond motifs is 2. The highest BCUT2D eigenvalue weighted by Gasteiger charge is 2.39. The number of halogens is 2. The molecule has 0 aliphatic carbocycles. The lowest BCUT2D eigenvalue weighted by atomic mass is 9.97. The summed E-state index contributed by atoms with van der Waals surface area (Å²) in [6.45, 7) is 0. The van der Waals surface area contributed by atoms with Gasteiger partial charge in [0.05, 0.1) is 23.9 Å². The predicted octanol–water partition coefficient (Wildman–Crippen LogP) is 4.32. The number of piperidine rings is 1. The molecule has 4 atom stereocenters. The van der Waals surface area contributed by atoms with Gasteiger partial charge in [-0.05, 0) is 56.5 Å². The van der Waals surface area contributed by atoms with Gasteiger partial charge in [0, 0.05) is 41.2 Å². The zero-order valence-corrected chi connectivity index (χ0v) is 23.5. The summed E-state index contributed by atoms with van der Waals surface area (Å²) in [5, 5.41) is 11.9. The Balaban J connectivity index is 1.32. The number of rotatable bonds is 7. The van der Waals surface area contributed by atoms with Crippen LogP contribution in [0, 0.1) is 0 Å². The van der Waals surface area contributed by atoms with Crippen molar-refractivity contribution in [3.05, 3.63) is 93.2 Å². The monoisotopic (exact) mass is 577 g/mol. The maximum absolute atomic E-state index is 13.8. The number of hydrogen-bond acceptors (Lipinski definition) is 6. The minimum Gasteiger partial charge on any atom is -0.351 e. The van der Waals surface area contributed by atoms with E-state index in [1.807, 2.05) is 30.3 Å². The Kier molecular flexibility index (Phi) is 7.44. The third-order valence-corrected chi connectivity index (χ3v) is 8.55. The van der Waals surface area contributed by atoms with Gasteiger partial charge in [-0.15, -0.1) is 5.10 Å². The van der Waals surface area contributed by atoms with Crippen LogP contribution in [0.4, 0.5) is 0 Å². The van der Waals surface area contributed by atoms with Gasteiger partial charge in [-0.2, -0.15) is 0 Å². The first-order valence-electron chi connectivity index (χ1n) is 13.4. The second-order valence-corrected chi connectivity index (χ2v) is 11.4. The molecule has 1 N–H and O–H groups in total. The van der Waals surface area contributed by atoms with Crippen LogP contribution in [0.3, 0.4) is 0 Å². The highest BCUT2D eigenvalue weighted by Crippen LogP contribution is 2.34. The van der Waals surface area contributed by atoms with Crippen LogP contribution in [-0.4, -0.2) is 60.5 Å². The number of nitrogens with zero attached hydrogens (tertiary/aromatic N) is 6. The van der Waals surface area contributed by atoms with Gasteiger partial charge >= 0.3 is 0 Å². The molecule has 4 aromatic rings. The van der Waals surface area contributed by atoms with Crippen LogP contribution >= 0.6 is 23.2 Å². The van der Waals surface area contributed by atoms with Gasteiger partial charge < -0.3 is 10.2 Å². The molecule has 2 bridgehead atoms. The van der Waals surface area contributed by atoms with Crippen molar-refractivity contribution < 1.29 is 4.79 Å². The fourth-order valence-electron chi connectivity index (χ4n) is 6.05. The Morgan fingerprint density at radius 2 is 1.82 bits per heavy atom. The summed E-state index contributed by atoms with van der Waals surface area (Å²) in [6, 6.07) is 16.7. The van der Waals surface area contributed by atoms with Gasteiger partial charge in [0.25, 0.3) is 5.56 Å². The van der Waals surface area contributed by atoms with Gasteiger partial charge in [-0.3, -0.25) is 14.2 Å². The second kappa shape index (κ2) is 11.2. The molecule has 2 aliphatic heterocycles. The maximum Gasteiger partial charge on any atom is 0.254 e. The highest BCUT2D eigenvalue weighted by atomic mass is 35.5. The van der Waals surface area contributed by atoms with Crippen molar-refractivity contribution in [3.8, 4) is 16.9 Å². The molecule has 0 saturated carbocycles. The molecule has 0 radical (unpaired) electrons. The molecule has 9 nitrogen and oxygen atoms in total. The van der Waals surface area contributed by atoms with Crippen molar-refractivity contribution in [2.24, 2.45) is 0 Å². The van der Waals surface area contributed by atoms with Crippen molar-refractivity contribution in [2.45, 2.75) is 56.3 Å². The third-order valence-electron chi connectivity index (χ3n) is 8.14. The van der Waals surface area contributed by atoms with Crippen molar-refractivity contribution in [1.82, 2.24) is 34.8 Å². The van der Waals surface area contributed by atoms with E-state index in [2.05, 4.69) is 32.6 Å². The number of aromatic nitrogens is 5. The number of nitrogens with one attached hydrogen (secondary N) is 1. The molecule has 2 fully saturated rings. The summed E-state index contributed by atoms with van der Waals surface area (Å²) >= 11 is 12.3. The molecule has 0 spiro atoms. The lowest BCUT2D eigenvalue weighted by Crippen LogP contribution is -2.50. The maximum atomic E-state index is 13.8. The number of benzene rings is 2. The van der Waals surface area contributed by atoms with E-state index < -0.39 is 6.04 Å². The van der Waals surface area contributed by atoms with Gasteiger partial charge in [0.2, 0.25) is 5.91 Å². The normalized spacial score (nSPS) is 21.3. The summed E-state index contributed by atoms with van der Waals surface area (Å²) in [4.78, 5) is 34.4. The van der Waals surface area contributed by atoms with E-state index in [9.17, 15) is 9.59 Å². The van der Waals surface area contributed by atoms with Crippen molar-refractivity contribution >= 4 is 29.1 Å². The minimum absolute atomic E-state index is 0.0888. The van der Waals surface area contributed by atoms with E-state index in [-0.39, 0.29) is 22.7 Å². The summed E-state index contributed by atoms with van der Waals surface area (Å²) in [7, 11) is 2.17. The zero-order valence-electron chi connectivity index (χ0n) is 22.0. The van der Waals surface area contributed by atoms with E-state index >= 15 is 0 Å². The molecule has 11 heteroatoms. The standard InChI is InChI=1S/C29H29Cl2N7O2/c1-36-21-8-9-22(36)14-20(13-21)33-29(40)26(11-18-5-3-2-4-6-18)37-17-32-24(15-28(37)39)23-12-19(30)7-10-25(23)38-16-27(31)34-35-38/h2-7,10,12,15-17,20-22,26H,8-9,11,13-14H2,1H3,(H,33,40)/t20-,21-,22+,26-/m0/s1. The van der Waals surface area contributed by atoms with E-state index in [0.717, 1.165) is 31.2 Å². The van der Waals surface area contributed by atoms with Gasteiger partial charge in [-0.1, -0.05) is 58.7 Å². The quantitative estimate of drug-likeness (QED) is 0.351. The number of hydrogen-bond donors (Lipinski definition) is 1. The fourth-order valence-corrected chi connectivity index (χ4v) is 6.35. The zero-order chi connectivity index (χ0) is 27.8. The van der Waals surface area contributed by atoms with E-state index in [4.69, 9.17) is 23.2 Å². The molecule has 0 unspecified atom stereocenters. The van der Waals surface area contributed by atoms with E-state index in [0.29, 0.717) is 40.5 Å². The molecule has 1 amide bonds. The Hall–Kier alpha value is -3.53. The molecule has 2 saturated heterocycles. The van der Waals surface area contributed by atoms with Crippen LogP contribution in [0.2, 0.25) is 10.2 Å². The summed E-state index contributed by atoms with van der Waals surface area (Å²) in [5.74, 6) is -0.171.